The molecule has 0 aromatic heterocycles. The second-order valence-electron chi connectivity index (χ2n) is 2.34. The lowest BCUT2D eigenvalue weighted by atomic mass is 10.3. The van der Waals surface area contributed by atoms with Crippen molar-refractivity contribution in [1.29, 1.82) is 0 Å². The quantitative estimate of drug-likeness (QED) is 0.658. The van der Waals surface area contributed by atoms with Crippen molar-refractivity contribution in [2.45, 2.75) is 26.3 Å². The second kappa shape index (κ2) is 3.86. The van der Waals surface area contributed by atoms with E-state index in [1.165, 1.54) is 12.2 Å². The minimum Gasteiger partial charge on any atom is -0.361 e. The lowest BCUT2D eigenvalue weighted by Gasteiger charge is -2.03. The van der Waals surface area contributed by atoms with Crippen molar-refractivity contribution in [3.63, 3.8) is 0 Å². The van der Waals surface area contributed by atoms with Crippen molar-refractivity contribution in [3.8, 4) is 0 Å². The first kappa shape index (κ1) is 7.92. The molecule has 1 fully saturated rings. The summed E-state index contributed by atoms with van der Waals surface area (Å²) >= 11 is 1.84. The zero-order chi connectivity index (χ0) is 7.40. The normalized spacial score (nSPS) is 29.0. The van der Waals surface area contributed by atoms with Crippen molar-refractivity contribution in [2.24, 2.45) is 4.99 Å². The highest BCUT2D eigenvalue weighted by Gasteiger charge is 2.16. The summed E-state index contributed by atoms with van der Waals surface area (Å²) in [7, 11) is 0. The smallest absolute Gasteiger partial charge is 0.156 e. The Labute approximate surface area is 66.5 Å². The van der Waals surface area contributed by atoms with Crippen LogP contribution in [-0.2, 0) is 0 Å². The zero-order valence-corrected chi connectivity index (χ0v) is 7.37. The Kier molecular flexibility index (Phi) is 3.06. The highest BCUT2D eigenvalue weighted by molar-refractivity contribution is 8.14. The predicted molar refractivity (Wildman–Crippen MR) is 47.6 cm³/mol. The van der Waals surface area contributed by atoms with E-state index in [1.54, 1.807) is 0 Å². The fourth-order valence-electron chi connectivity index (χ4n) is 0.892. The highest BCUT2D eigenvalue weighted by Crippen LogP contribution is 2.14. The average Bonchev–Trinajstić information content (AvgIpc) is 2.37. The molecular formula is C7H14N2S. The van der Waals surface area contributed by atoms with Crippen LogP contribution in [0.5, 0.6) is 0 Å². The summed E-state index contributed by atoms with van der Waals surface area (Å²) in [6.07, 6.45) is 1.20. The first-order valence-electron chi connectivity index (χ1n) is 3.80. The van der Waals surface area contributed by atoms with E-state index in [0.717, 1.165) is 11.7 Å². The van der Waals surface area contributed by atoms with Crippen LogP contribution in [0.15, 0.2) is 4.99 Å². The molecule has 0 saturated carbocycles. The molecule has 0 spiro atoms. The van der Waals surface area contributed by atoms with Crippen molar-refractivity contribution in [3.05, 3.63) is 0 Å². The van der Waals surface area contributed by atoms with E-state index in [2.05, 4.69) is 24.2 Å². The summed E-state index contributed by atoms with van der Waals surface area (Å²) < 4.78 is 0. The molecule has 1 heterocycles. The molecule has 1 aliphatic rings. The van der Waals surface area contributed by atoms with Crippen LogP contribution in [0, 0.1) is 0 Å². The topological polar surface area (TPSA) is 24.4 Å². The minimum atomic E-state index is 0.662. The number of rotatable bonds is 2. The van der Waals surface area contributed by atoms with Gasteiger partial charge in [0.05, 0.1) is 0 Å². The molecule has 1 aliphatic heterocycles. The van der Waals surface area contributed by atoms with Gasteiger partial charge in [0.15, 0.2) is 5.17 Å². The number of nitrogens with zero attached hydrogens (tertiary/aromatic N) is 1. The van der Waals surface area contributed by atoms with Gasteiger partial charge in [-0.05, 0) is 13.3 Å². The standard InChI is InChI=1S/C7H14N2S/c1-3-6-5-10-7(9-6)8-4-2/h6H,3-5H2,1-2H3,(H,8,9). The monoisotopic (exact) mass is 158 g/mol. The van der Waals surface area contributed by atoms with E-state index >= 15 is 0 Å². The maximum absolute atomic E-state index is 4.29. The van der Waals surface area contributed by atoms with E-state index in [1.807, 2.05) is 11.8 Å². The third-order valence-electron chi connectivity index (χ3n) is 1.54. The molecule has 1 unspecified atom stereocenters. The summed E-state index contributed by atoms with van der Waals surface area (Å²) in [4.78, 5) is 4.29. The highest BCUT2D eigenvalue weighted by atomic mass is 32.2. The Morgan fingerprint density at radius 2 is 2.50 bits per heavy atom. The van der Waals surface area contributed by atoms with Gasteiger partial charge < -0.3 is 5.32 Å². The first-order chi connectivity index (χ1) is 4.86. The number of thioether (sulfide) groups is 1. The molecule has 1 rings (SSSR count). The van der Waals surface area contributed by atoms with Crippen LogP contribution in [0.3, 0.4) is 0 Å². The Bertz CT molecular complexity index is 134. The van der Waals surface area contributed by atoms with Crippen molar-refractivity contribution in [2.75, 3.05) is 12.3 Å². The van der Waals surface area contributed by atoms with Crippen molar-refractivity contribution in [1.82, 2.24) is 5.32 Å². The molecule has 0 radical (unpaired) electrons. The van der Waals surface area contributed by atoms with Crippen molar-refractivity contribution >= 4 is 16.9 Å². The molecule has 1 atom stereocenters. The van der Waals surface area contributed by atoms with Crippen LogP contribution in [0.4, 0.5) is 0 Å². The Hall–Kier alpha value is -0.180. The van der Waals surface area contributed by atoms with E-state index < -0.39 is 0 Å². The number of hydrogen-bond acceptors (Lipinski definition) is 2. The number of aliphatic imine (C=N–C) groups is 1. The van der Waals surface area contributed by atoms with E-state index in [-0.39, 0.29) is 0 Å². The van der Waals surface area contributed by atoms with Crippen LogP contribution in [0.25, 0.3) is 0 Å². The van der Waals surface area contributed by atoms with Crippen LogP contribution in [0.1, 0.15) is 20.3 Å². The second-order valence-corrected chi connectivity index (χ2v) is 3.35. The van der Waals surface area contributed by atoms with Gasteiger partial charge in [-0.15, -0.1) is 0 Å². The maximum Gasteiger partial charge on any atom is 0.156 e. The molecule has 1 N–H and O–H groups in total. The van der Waals surface area contributed by atoms with Crippen LogP contribution in [-0.4, -0.2) is 23.5 Å². The lowest BCUT2D eigenvalue weighted by Crippen LogP contribution is -2.25. The average molecular weight is 158 g/mol. The molecule has 2 nitrogen and oxygen atoms in total. The van der Waals surface area contributed by atoms with Gasteiger partial charge in [-0.25, -0.2) is 0 Å². The Morgan fingerprint density at radius 1 is 1.70 bits per heavy atom. The number of amidine groups is 1. The summed E-state index contributed by atoms with van der Waals surface area (Å²) in [5.74, 6) is 1.19. The molecule has 0 aromatic rings. The molecule has 0 aromatic carbocycles. The zero-order valence-electron chi connectivity index (χ0n) is 6.55. The summed E-state index contributed by atoms with van der Waals surface area (Å²) in [5, 5.41) is 4.49. The lowest BCUT2D eigenvalue weighted by molar-refractivity contribution is 0.667. The number of hydrogen-bond donors (Lipinski definition) is 1. The van der Waals surface area contributed by atoms with E-state index in [0.29, 0.717) is 6.04 Å². The Morgan fingerprint density at radius 3 is 3.00 bits per heavy atom. The van der Waals surface area contributed by atoms with Gasteiger partial charge in [0, 0.05) is 18.3 Å². The van der Waals surface area contributed by atoms with Crippen LogP contribution in [0.2, 0.25) is 0 Å². The SMILES string of the molecule is CCN=C1NC(CC)CS1. The maximum atomic E-state index is 4.29. The van der Waals surface area contributed by atoms with Crippen LogP contribution >= 0.6 is 11.8 Å². The fraction of sp³-hybridized carbons (Fsp3) is 0.857. The third kappa shape index (κ3) is 1.90. The van der Waals surface area contributed by atoms with Gasteiger partial charge in [-0.2, -0.15) is 0 Å². The summed E-state index contributed by atoms with van der Waals surface area (Å²) in [6, 6.07) is 0.662. The molecule has 1 saturated heterocycles. The molecule has 3 heteroatoms. The molecular weight excluding hydrogens is 144 g/mol. The van der Waals surface area contributed by atoms with Crippen molar-refractivity contribution < 1.29 is 0 Å². The fourth-order valence-corrected chi connectivity index (χ4v) is 2.04. The van der Waals surface area contributed by atoms with Gasteiger partial charge in [-0.3, -0.25) is 4.99 Å². The van der Waals surface area contributed by atoms with Gasteiger partial charge in [0.25, 0.3) is 0 Å². The molecule has 10 heavy (non-hydrogen) atoms. The summed E-state index contributed by atoms with van der Waals surface area (Å²) in [6.45, 7) is 5.16. The number of nitrogens with one attached hydrogen (secondary N) is 1. The summed E-state index contributed by atoms with van der Waals surface area (Å²) in [5.41, 5.74) is 0. The molecule has 0 aliphatic carbocycles. The Balaban J connectivity index is 2.35. The predicted octanol–water partition coefficient (Wildman–Crippen LogP) is 1.48. The van der Waals surface area contributed by atoms with Gasteiger partial charge in [0.2, 0.25) is 0 Å². The van der Waals surface area contributed by atoms with Crippen LogP contribution < -0.4 is 5.32 Å². The first-order valence-corrected chi connectivity index (χ1v) is 4.79. The van der Waals surface area contributed by atoms with Gasteiger partial charge >= 0.3 is 0 Å². The minimum absolute atomic E-state index is 0.662. The largest absolute Gasteiger partial charge is 0.361 e. The molecule has 0 bridgehead atoms. The van der Waals surface area contributed by atoms with E-state index in [4.69, 9.17) is 0 Å². The van der Waals surface area contributed by atoms with Gasteiger partial charge in [-0.1, -0.05) is 18.7 Å². The molecule has 0 amide bonds. The van der Waals surface area contributed by atoms with Gasteiger partial charge in [0.1, 0.15) is 0 Å². The third-order valence-corrected chi connectivity index (χ3v) is 2.63. The van der Waals surface area contributed by atoms with E-state index in [9.17, 15) is 0 Å². The molecule has 58 valence electrons.